The van der Waals surface area contributed by atoms with Gasteiger partial charge in [-0.3, -0.25) is 4.79 Å². The molecular weight excluding hydrogens is 320 g/mol. The summed E-state index contributed by atoms with van der Waals surface area (Å²) < 4.78 is 5.60. The van der Waals surface area contributed by atoms with E-state index in [0.717, 1.165) is 36.5 Å². The van der Waals surface area contributed by atoms with Crippen molar-refractivity contribution in [3.8, 4) is 0 Å². The zero-order valence-corrected chi connectivity index (χ0v) is 17.4. The Kier molecular flexibility index (Phi) is 4.77. The summed E-state index contributed by atoms with van der Waals surface area (Å²) in [6.45, 7) is 9.05. The van der Waals surface area contributed by atoms with Gasteiger partial charge in [0.1, 0.15) is 6.10 Å². The number of hydrogen-bond acceptors (Lipinski definition) is 2. The Bertz CT molecular complexity index is 593. The van der Waals surface area contributed by atoms with Crippen LogP contribution in [-0.4, -0.2) is 12.1 Å². The zero-order valence-electron chi connectivity index (χ0n) is 17.4. The molecule has 4 saturated carbocycles. The molecule has 0 heterocycles. The number of carbonyl (C=O) groups is 1. The van der Waals surface area contributed by atoms with E-state index < -0.39 is 0 Å². The number of ether oxygens (including phenoxy) is 1. The van der Waals surface area contributed by atoms with E-state index >= 15 is 0 Å². The maximum Gasteiger partial charge on any atom is 0.302 e. The first-order chi connectivity index (χ1) is 12.4. The van der Waals surface area contributed by atoms with E-state index in [1.54, 1.807) is 12.5 Å². The fourth-order valence-corrected chi connectivity index (χ4v) is 7.99. The summed E-state index contributed by atoms with van der Waals surface area (Å²) in [5, 5.41) is 0. The summed E-state index contributed by atoms with van der Waals surface area (Å²) in [6.07, 6.45) is 15.8. The van der Waals surface area contributed by atoms with Crippen molar-refractivity contribution in [1.29, 1.82) is 0 Å². The van der Waals surface area contributed by atoms with E-state index in [2.05, 4.69) is 26.8 Å². The van der Waals surface area contributed by atoms with Crippen LogP contribution in [0.2, 0.25) is 0 Å². The van der Waals surface area contributed by atoms with Gasteiger partial charge in [-0.25, -0.2) is 0 Å². The molecule has 26 heavy (non-hydrogen) atoms. The van der Waals surface area contributed by atoms with Crippen LogP contribution in [0.4, 0.5) is 0 Å². The third kappa shape index (κ3) is 2.78. The van der Waals surface area contributed by atoms with Gasteiger partial charge in [-0.15, -0.1) is 0 Å². The second kappa shape index (κ2) is 6.67. The summed E-state index contributed by atoms with van der Waals surface area (Å²) in [5.41, 5.74) is 2.77. The largest absolute Gasteiger partial charge is 0.463 e. The van der Waals surface area contributed by atoms with Gasteiger partial charge in [0.25, 0.3) is 0 Å². The van der Waals surface area contributed by atoms with E-state index in [1.165, 1.54) is 51.4 Å². The molecule has 0 amide bonds. The van der Waals surface area contributed by atoms with Crippen molar-refractivity contribution >= 4 is 5.97 Å². The second-order valence-electron chi connectivity index (χ2n) is 10.3. The molecule has 4 rings (SSSR count). The van der Waals surface area contributed by atoms with Gasteiger partial charge in [0.2, 0.25) is 0 Å². The number of hydrogen-bond donors (Lipinski definition) is 0. The molecule has 2 heteroatoms. The molecule has 4 aliphatic carbocycles. The summed E-state index contributed by atoms with van der Waals surface area (Å²) >= 11 is 0. The Hall–Kier alpha value is -0.790. The average Bonchev–Trinajstić information content (AvgIpc) is 2.92. The lowest BCUT2D eigenvalue weighted by atomic mass is 9.45. The fourth-order valence-electron chi connectivity index (χ4n) is 7.99. The predicted octanol–water partition coefficient (Wildman–Crippen LogP) is 6.30. The molecule has 0 N–H and O–H groups in total. The third-order valence-corrected chi connectivity index (χ3v) is 9.25. The molecule has 2 nitrogen and oxygen atoms in total. The third-order valence-electron chi connectivity index (χ3n) is 9.25. The van der Waals surface area contributed by atoms with Crippen molar-refractivity contribution < 1.29 is 9.53 Å². The van der Waals surface area contributed by atoms with E-state index in [9.17, 15) is 4.79 Å². The lowest BCUT2D eigenvalue weighted by Gasteiger charge is -2.60. The SMILES string of the molecule is CC/C=C1\CC[C@H]2[C@@H]3CC[C@H]4C[C@H](OC(C)=O)CC[C@]4(C)[C@H]3CC[C@]12C. The van der Waals surface area contributed by atoms with E-state index in [1.807, 2.05) is 0 Å². The van der Waals surface area contributed by atoms with Crippen LogP contribution < -0.4 is 0 Å². The second-order valence-corrected chi connectivity index (χ2v) is 10.3. The Morgan fingerprint density at radius 1 is 1.12 bits per heavy atom. The minimum absolute atomic E-state index is 0.0954. The van der Waals surface area contributed by atoms with Crippen LogP contribution in [0, 0.1) is 34.5 Å². The Balaban J connectivity index is 1.54. The van der Waals surface area contributed by atoms with Crippen molar-refractivity contribution in [2.75, 3.05) is 0 Å². The average molecular weight is 359 g/mol. The lowest BCUT2D eigenvalue weighted by Crippen LogP contribution is -2.53. The molecule has 0 saturated heterocycles. The molecule has 4 aliphatic rings. The molecule has 0 aromatic carbocycles. The maximum absolute atomic E-state index is 11.4. The van der Waals surface area contributed by atoms with Gasteiger partial charge in [-0.2, -0.15) is 0 Å². The standard InChI is InChI=1S/C24H38O2/c1-5-6-17-8-10-21-20-9-7-18-15-19(26-16(2)25)11-13-24(18,4)22(20)12-14-23(17,21)3/h6,18-22H,5,7-15H2,1-4H3/b17-6+/t18-,19+,20-,21-,22-,23+,24-/m0/s1. The first kappa shape index (κ1) is 18.6. The number of esters is 1. The van der Waals surface area contributed by atoms with Crippen molar-refractivity contribution in [2.24, 2.45) is 34.5 Å². The minimum Gasteiger partial charge on any atom is -0.463 e. The Labute approximate surface area is 160 Å². The highest BCUT2D eigenvalue weighted by atomic mass is 16.5. The van der Waals surface area contributed by atoms with Crippen LogP contribution in [0.25, 0.3) is 0 Å². The van der Waals surface area contributed by atoms with Gasteiger partial charge in [0, 0.05) is 6.92 Å². The Morgan fingerprint density at radius 2 is 1.92 bits per heavy atom. The van der Waals surface area contributed by atoms with Crippen LogP contribution in [0.1, 0.15) is 91.9 Å². The van der Waals surface area contributed by atoms with Crippen molar-refractivity contribution in [2.45, 2.75) is 98.0 Å². The fraction of sp³-hybridized carbons (Fsp3) is 0.875. The van der Waals surface area contributed by atoms with Gasteiger partial charge in [-0.05, 0) is 98.7 Å². The first-order valence-corrected chi connectivity index (χ1v) is 11.2. The molecular formula is C24H38O2. The molecule has 7 atom stereocenters. The summed E-state index contributed by atoms with van der Waals surface area (Å²) in [6, 6.07) is 0. The monoisotopic (exact) mass is 358 g/mol. The number of fused-ring (bicyclic) bond motifs is 5. The smallest absolute Gasteiger partial charge is 0.302 e. The highest BCUT2D eigenvalue weighted by Crippen LogP contribution is 2.67. The van der Waals surface area contributed by atoms with Crippen LogP contribution in [0.15, 0.2) is 11.6 Å². The topological polar surface area (TPSA) is 26.3 Å². The number of rotatable bonds is 2. The minimum atomic E-state index is -0.0954. The number of carbonyl (C=O) groups excluding carboxylic acids is 1. The molecule has 4 fully saturated rings. The van der Waals surface area contributed by atoms with Gasteiger partial charge < -0.3 is 4.74 Å². The van der Waals surface area contributed by atoms with Crippen molar-refractivity contribution in [3.05, 3.63) is 11.6 Å². The van der Waals surface area contributed by atoms with Gasteiger partial charge in [-0.1, -0.05) is 32.4 Å². The van der Waals surface area contributed by atoms with Crippen molar-refractivity contribution in [1.82, 2.24) is 0 Å². The summed E-state index contributed by atoms with van der Waals surface area (Å²) in [5.74, 6) is 3.42. The quantitative estimate of drug-likeness (QED) is 0.428. The van der Waals surface area contributed by atoms with Gasteiger partial charge in [0.05, 0.1) is 0 Å². The van der Waals surface area contributed by atoms with Gasteiger partial charge in [0.15, 0.2) is 0 Å². The van der Waals surface area contributed by atoms with Crippen molar-refractivity contribution in [3.63, 3.8) is 0 Å². The molecule has 0 radical (unpaired) electrons. The van der Waals surface area contributed by atoms with Crippen LogP contribution in [0.3, 0.4) is 0 Å². The van der Waals surface area contributed by atoms with Crippen LogP contribution in [0.5, 0.6) is 0 Å². The molecule has 0 aromatic rings. The molecule has 0 aliphatic heterocycles. The lowest BCUT2D eigenvalue weighted by molar-refractivity contribution is -0.158. The maximum atomic E-state index is 11.4. The summed E-state index contributed by atoms with van der Waals surface area (Å²) in [7, 11) is 0. The predicted molar refractivity (Wildman–Crippen MR) is 106 cm³/mol. The molecule has 0 unspecified atom stereocenters. The Morgan fingerprint density at radius 3 is 2.65 bits per heavy atom. The molecule has 0 aromatic heterocycles. The molecule has 0 spiro atoms. The summed E-state index contributed by atoms with van der Waals surface area (Å²) in [4.78, 5) is 11.4. The van der Waals surface area contributed by atoms with E-state index in [0.29, 0.717) is 10.8 Å². The zero-order chi connectivity index (χ0) is 18.5. The first-order valence-electron chi connectivity index (χ1n) is 11.2. The normalized spacial score (nSPS) is 49.2. The highest BCUT2D eigenvalue weighted by molar-refractivity contribution is 5.66. The van der Waals surface area contributed by atoms with Crippen LogP contribution >= 0.6 is 0 Å². The number of allylic oxidation sites excluding steroid dienone is 2. The van der Waals surface area contributed by atoms with Crippen LogP contribution in [-0.2, 0) is 9.53 Å². The highest BCUT2D eigenvalue weighted by Gasteiger charge is 2.59. The van der Waals surface area contributed by atoms with E-state index in [-0.39, 0.29) is 12.1 Å². The van der Waals surface area contributed by atoms with E-state index in [4.69, 9.17) is 4.74 Å². The molecule has 146 valence electrons. The van der Waals surface area contributed by atoms with Gasteiger partial charge >= 0.3 is 5.97 Å². The molecule has 0 bridgehead atoms.